The molecular formula is C8H11F2N3O. The van der Waals surface area contributed by atoms with E-state index in [9.17, 15) is 8.78 Å². The van der Waals surface area contributed by atoms with Gasteiger partial charge in [-0.15, -0.1) is 0 Å². The van der Waals surface area contributed by atoms with Crippen LogP contribution in [-0.2, 0) is 11.3 Å². The Balaban J connectivity index is 2.42. The van der Waals surface area contributed by atoms with E-state index in [0.29, 0.717) is 11.5 Å². The number of alkyl halides is 2. The van der Waals surface area contributed by atoms with Gasteiger partial charge in [-0.25, -0.2) is 19.6 Å². The normalized spacial score (nSPS) is 10.6. The van der Waals surface area contributed by atoms with Crippen LogP contribution in [0.5, 0.6) is 0 Å². The maximum absolute atomic E-state index is 11.7. The SMILES string of the molecule is NNc1cccc(COCC(F)F)n1. The third kappa shape index (κ3) is 3.63. The minimum absolute atomic E-state index is 0.0554. The lowest BCUT2D eigenvalue weighted by Gasteiger charge is -2.04. The Morgan fingerprint density at radius 2 is 2.29 bits per heavy atom. The lowest BCUT2D eigenvalue weighted by atomic mass is 10.3. The van der Waals surface area contributed by atoms with E-state index in [2.05, 4.69) is 10.4 Å². The van der Waals surface area contributed by atoms with Crippen molar-refractivity contribution in [2.75, 3.05) is 12.0 Å². The minimum Gasteiger partial charge on any atom is -0.369 e. The van der Waals surface area contributed by atoms with Crippen molar-refractivity contribution in [2.24, 2.45) is 5.84 Å². The molecule has 0 bridgehead atoms. The van der Waals surface area contributed by atoms with Crippen molar-refractivity contribution in [1.82, 2.24) is 4.98 Å². The second kappa shape index (κ2) is 5.46. The van der Waals surface area contributed by atoms with Gasteiger partial charge in [0.2, 0.25) is 0 Å². The molecule has 1 heterocycles. The number of aromatic nitrogens is 1. The van der Waals surface area contributed by atoms with Crippen molar-refractivity contribution in [2.45, 2.75) is 13.0 Å². The predicted octanol–water partition coefficient (Wildman–Crippen LogP) is 1.15. The molecule has 3 N–H and O–H groups in total. The Labute approximate surface area is 80.1 Å². The lowest BCUT2D eigenvalue weighted by molar-refractivity contribution is 0.00887. The Morgan fingerprint density at radius 3 is 2.93 bits per heavy atom. The van der Waals surface area contributed by atoms with Gasteiger partial charge < -0.3 is 10.2 Å². The van der Waals surface area contributed by atoms with Crippen LogP contribution in [0.2, 0.25) is 0 Å². The molecule has 1 aromatic rings. The number of nitrogen functional groups attached to an aromatic ring is 1. The molecule has 0 fully saturated rings. The van der Waals surface area contributed by atoms with Crippen LogP contribution in [0.1, 0.15) is 5.69 Å². The van der Waals surface area contributed by atoms with Gasteiger partial charge in [-0.05, 0) is 12.1 Å². The molecule has 0 saturated heterocycles. The molecule has 0 saturated carbocycles. The van der Waals surface area contributed by atoms with Crippen LogP contribution in [0.3, 0.4) is 0 Å². The van der Waals surface area contributed by atoms with Crippen LogP contribution in [0.4, 0.5) is 14.6 Å². The van der Waals surface area contributed by atoms with Crippen LogP contribution in [-0.4, -0.2) is 18.0 Å². The molecule has 0 atom stereocenters. The molecule has 0 amide bonds. The van der Waals surface area contributed by atoms with Gasteiger partial charge >= 0.3 is 0 Å². The minimum atomic E-state index is -2.45. The number of nitrogens with zero attached hydrogens (tertiary/aromatic N) is 1. The van der Waals surface area contributed by atoms with Crippen LogP contribution in [0, 0.1) is 0 Å². The van der Waals surface area contributed by atoms with E-state index in [1.54, 1.807) is 18.2 Å². The summed E-state index contributed by atoms with van der Waals surface area (Å²) in [6, 6.07) is 5.05. The van der Waals surface area contributed by atoms with E-state index in [-0.39, 0.29) is 6.61 Å². The summed E-state index contributed by atoms with van der Waals surface area (Å²) in [5.74, 6) is 5.60. The highest BCUT2D eigenvalue weighted by Crippen LogP contribution is 2.05. The summed E-state index contributed by atoms with van der Waals surface area (Å²) in [7, 11) is 0. The third-order valence-corrected chi connectivity index (χ3v) is 1.45. The first-order valence-corrected chi connectivity index (χ1v) is 4.01. The Morgan fingerprint density at radius 1 is 1.50 bits per heavy atom. The zero-order valence-electron chi connectivity index (χ0n) is 7.41. The number of rotatable bonds is 5. The zero-order chi connectivity index (χ0) is 10.4. The van der Waals surface area contributed by atoms with E-state index in [1.165, 1.54) is 0 Å². The standard InChI is InChI=1S/C8H11F2N3O/c9-7(10)5-14-4-6-2-1-3-8(12-6)13-11/h1-3,7H,4-5,11H2,(H,12,13). The molecule has 78 valence electrons. The van der Waals surface area contributed by atoms with Crippen molar-refractivity contribution >= 4 is 5.82 Å². The van der Waals surface area contributed by atoms with Gasteiger partial charge in [0, 0.05) is 0 Å². The second-order valence-corrected chi connectivity index (χ2v) is 2.56. The summed E-state index contributed by atoms with van der Waals surface area (Å²) >= 11 is 0. The average molecular weight is 203 g/mol. The summed E-state index contributed by atoms with van der Waals surface area (Å²) in [5.41, 5.74) is 2.91. The van der Waals surface area contributed by atoms with Crippen molar-refractivity contribution in [3.05, 3.63) is 23.9 Å². The fourth-order valence-corrected chi connectivity index (χ4v) is 0.893. The fraction of sp³-hybridized carbons (Fsp3) is 0.375. The summed E-state index contributed by atoms with van der Waals surface area (Å²) in [6.45, 7) is -0.526. The smallest absolute Gasteiger partial charge is 0.261 e. The van der Waals surface area contributed by atoms with Crippen molar-refractivity contribution in [3.8, 4) is 0 Å². The van der Waals surface area contributed by atoms with E-state index in [1.807, 2.05) is 0 Å². The highest BCUT2D eigenvalue weighted by atomic mass is 19.3. The highest BCUT2D eigenvalue weighted by molar-refractivity contribution is 5.33. The molecular weight excluding hydrogens is 192 g/mol. The van der Waals surface area contributed by atoms with E-state index in [0.717, 1.165) is 0 Å². The Bertz CT molecular complexity index is 283. The van der Waals surface area contributed by atoms with Crippen molar-refractivity contribution < 1.29 is 13.5 Å². The van der Waals surface area contributed by atoms with Crippen LogP contribution in [0.15, 0.2) is 18.2 Å². The average Bonchev–Trinajstić information content (AvgIpc) is 2.18. The maximum atomic E-state index is 11.7. The first-order valence-electron chi connectivity index (χ1n) is 4.01. The molecule has 0 aromatic carbocycles. The predicted molar refractivity (Wildman–Crippen MR) is 47.7 cm³/mol. The molecule has 0 aliphatic carbocycles. The Kier molecular flexibility index (Phi) is 4.21. The number of ether oxygens (including phenoxy) is 1. The number of anilines is 1. The largest absolute Gasteiger partial charge is 0.369 e. The van der Waals surface area contributed by atoms with Gasteiger partial charge in [0.15, 0.2) is 0 Å². The monoisotopic (exact) mass is 203 g/mol. The molecule has 0 aliphatic rings. The van der Waals surface area contributed by atoms with Gasteiger partial charge in [0.1, 0.15) is 12.4 Å². The first kappa shape index (κ1) is 10.8. The fourth-order valence-electron chi connectivity index (χ4n) is 0.893. The first-order chi connectivity index (χ1) is 6.72. The topological polar surface area (TPSA) is 60.2 Å². The molecule has 4 nitrogen and oxygen atoms in total. The van der Waals surface area contributed by atoms with Gasteiger partial charge in [-0.3, -0.25) is 0 Å². The molecule has 0 radical (unpaired) electrons. The number of hydrogen-bond donors (Lipinski definition) is 2. The maximum Gasteiger partial charge on any atom is 0.261 e. The summed E-state index contributed by atoms with van der Waals surface area (Å²) in [5, 5.41) is 0. The van der Waals surface area contributed by atoms with E-state index >= 15 is 0 Å². The van der Waals surface area contributed by atoms with Crippen LogP contribution in [0.25, 0.3) is 0 Å². The molecule has 14 heavy (non-hydrogen) atoms. The number of pyridine rings is 1. The van der Waals surface area contributed by atoms with Gasteiger partial charge in [-0.2, -0.15) is 0 Å². The number of halogens is 2. The van der Waals surface area contributed by atoms with Gasteiger partial charge in [0.05, 0.1) is 12.3 Å². The quantitative estimate of drug-likeness (QED) is 0.556. The second-order valence-electron chi connectivity index (χ2n) is 2.56. The molecule has 0 aliphatic heterocycles. The third-order valence-electron chi connectivity index (χ3n) is 1.45. The summed E-state index contributed by atoms with van der Waals surface area (Å²) in [6.07, 6.45) is -2.45. The number of hydrazine groups is 1. The van der Waals surface area contributed by atoms with E-state index < -0.39 is 13.0 Å². The molecule has 1 aromatic heterocycles. The lowest BCUT2D eigenvalue weighted by Crippen LogP contribution is -2.10. The van der Waals surface area contributed by atoms with Crippen molar-refractivity contribution in [1.29, 1.82) is 0 Å². The number of hydrogen-bond acceptors (Lipinski definition) is 4. The summed E-state index contributed by atoms with van der Waals surface area (Å²) in [4.78, 5) is 3.98. The molecule has 6 heteroatoms. The summed E-state index contributed by atoms with van der Waals surface area (Å²) < 4.78 is 28.1. The molecule has 0 spiro atoms. The molecule has 1 rings (SSSR count). The Hall–Kier alpha value is -1.27. The number of nitrogens with two attached hydrogens (primary N) is 1. The zero-order valence-corrected chi connectivity index (χ0v) is 7.41. The van der Waals surface area contributed by atoms with Crippen LogP contribution >= 0.6 is 0 Å². The number of nitrogens with one attached hydrogen (secondary N) is 1. The highest BCUT2D eigenvalue weighted by Gasteiger charge is 2.02. The van der Waals surface area contributed by atoms with Crippen molar-refractivity contribution in [3.63, 3.8) is 0 Å². The van der Waals surface area contributed by atoms with Gasteiger partial charge in [0.25, 0.3) is 6.43 Å². The van der Waals surface area contributed by atoms with E-state index in [4.69, 9.17) is 10.6 Å². The molecule has 0 unspecified atom stereocenters. The van der Waals surface area contributed by atoms with Gasteiger partial charge in [-0.1, -0.05) is 6.07 Å². The van der Waals surface area contributed by atoms with Crippen LogP contribution < -0.4 is 11.3 Å².